The molecule has 0 saturated carbocycles. The van der Waals surface area contributed by atoms with Crippen molar-refractivity contribution in [3.63, 3.8) is 0 Å². The summed E-state index contributed by atoms with van der Waals surface area (Å²) in [5.41, 5.74) is 0. The monoisotopic (exact) mass is 159 g/mol. The van der Waals surface area contributed by atoms with Gasteiger partial charge in [-0.25, -0.2) is 0 Å². The Labute approximate surface area is 63.2 Å². The molecule has 5 nitrogen and oxygen atoms in total. The van der Waals surface area contributed by atoms with E-state index in [1.807, 2.05) is 0 Å². The van der Waals surface area contributed by atoms with Crippen molar-refractivity contribution in [1.82, 2.24) is 4.90 Å². The number of nitrogens with zero attached hydrogens (tertiary/aromatic N) is 1. The van der Waals surface area contributed by atoms with Crippen molar-refractivity contribution in [3.8, 4) is 0 Å². The second kappa shape index (κ2) is 2.87. The summed E-state index contributed by atoms with van der Waals surface area (Å²) in [6.45, 7) is -0.166. The zero-order valence-corrected chi connectivity index (χ0v) is 5.86. The van der Waals surface area contributed by atoms with Gasteiger partial charge in [0.05, 0.1) is 12.5 Å². The van der Waals surface area contributed by atoms with E-state index in [0.29, 0.717) is 0 Å². The molecule has 1 fully saturated rings. The highest BCUT2D eigenvalue weighted by Crippen LogP contribution is 2.09. The van der Waals surface area contributed by atoms with E-state index in [1.54, 1.807) is 0 Å². The van der Waals surface area contributed by atoms with E-state index in [2.05, 4.69) is 0 Å². The summed E-state index contributed by atoms with van der Waals surface area (Å²) < 4.78 is 0. The van der Waals surface area contributed by atoms with E-state index < -0.39 is 12.1 Å². The van der Waals surface area contributed by atoms with Crippen molar-refractivity contribution in [2.24, 2.45) is 0 Å². The molecule has 0 radical (unpaired) electrons. The van der Waals surface area contributed by atoms with Crippen molar-refractivity contribution >= 4 is 11.9 Å². The molecule has 0 aromatic carbocycles. The van der Waals surface area contributed by atoms with Crippen LogP contribution in [0.4, 0.5) is 0 Å². The number of aliphatic hydroxyl groups excluding tert-OH is 1. The molecule has 0 aliphatic carbocycles. The van der Waals surface area contributed by atoms with Crippen LogP contribution in [-0.2, 0) is 9.59 Å². The van der Waals surface area contributed by atoms with Crippen LogP contribution < -0.4 is 0 Å². The summed E-state index contributed by atoms with van der Waals surface area (Å²) in [4.78, 5) is 22.1. The van der Waals surface area contributed by atoms with Gasteiger partial charge >= 0.3 is 5.97 Å². The lowest BCUT2D eigenvalue weighted by Gasteiger charge is -2.11. The molecule has 5 heteroatoms. The van der Waals surface area contributed by atoms with Gasteiger partial charge in [0.15, 0.2) is 0 Å². The summed E-state index contributed by atoms with van der Waals surface area (Å²) >= 11 is 0. The number of likely N-dealkylation sites (tertiary alicyclic amines) is 1. The first kappa shape index (κ1) is 8.00. The number of β-amino-alcohol motifs (C(OH)–C–C–N with tert-alkyl or cyclic N) is 1. The number of carboxylic acid groups (broad SMARTS) is 1. The molecular formula is C6H9NO4. The Hall–Kier alpha value is -1.10. The topological polar surface area (TPSA) is 77.8 Å². The molecule has 1 aliphatic rings. The fourth-order valence-corrected chi connectivity index (χ4v) is 1.07. The number of aliphatic carboxylic acids is 1. The lowest BCUT2D eigenvalue weighted by Crippen LogP contribution is -2.31. The van der Waals surface area contributed by atoms with E-state index in [-0.39, 0.29) is 25.4 Å². The molecule has 1 rings (SSSR count). The van der Waals surface area contributed by atoms with E-state index in [1.165, 1.54) is 0 Å². The summed E-state index contributed by atoms with van der Waals surface area (Å²) in [5.74, 6) is -1.34. The molecule has 11 heavy (non-hydrogen) atoms. The van der Waals surface area contributed by atoms with Crippen LogP contribution in [0, 0.1) is 0 Å². The lowest BCUT2D eigenvalue weighted by molar-refractivity contribution is -0.142. The van der Waals surface area contributed by atoms with Gasteiger partial charge in [-0.1, -0.05) is 0 Å². The maximum atomic E-state index is 10.8. The van der Waals surface area contributed by atoms with Crippen LogP contribution in [0.15, 0.2) is 0 Å². The molecule has 62 valence electrons. The van der Waals surface area contributed by atoms with Crippen molar-refractivity contribution in [2.75, 3.05) is 13.1 Å². The smallest absolute Gasteiger partial charge is 0.323 e. The third-order valence-electron chi connectivity index (χ3n) is 1.52. The van der Waals surface area contributed by atoms with Gasteiger partial charge in [0.1, 0.15) is 6.54 Å². The van der Waals surface area contributed by atoms with E-state index >= 15 is 0 Å². The predicted molar refractivity (Wildman–Crippen MR) is 34.8 cm³/mol. The van der Waals surface area contributed by atoms with Crippen LogP contribution >= 0.6 is 0 Å². The third-order valence-corrected chi connectivity index (χ3v) is 1.52. The van der Waals surface area contributed by atoms with Crippen LogP contribution in [0.1, 0.15) is 6.42 Å². The summed E-state index contributed by atoms with van der Waals surface area (Å²) in [6.07, 6.45) is -0.644. The molecular weight excluding hydrogens is 150 g/mol. The zero-order chi connectivity index (χ0) is 8.43. The minimum absolute atomic E-state index is 0.0489. The standard InChI is InChI=1S/C6H9NO4/c8-4-1-5(9)7(2-4)3-6(10)11/h4,8H,1-3H2,(H,10,11)/t4-/m0/s1. The van der Waals surface area contributed by atoms with Gasteiger partial charge in [0.25, 0.3) is 0 Å². The molecule has 0 spiro atoms. The Kier molecular flexibility index (Phi) is 2.09. The Balaban J connectivity index is 2.47. The number of aliphatic hydroxyl groups is 1. The first-order valence-corrected chi connectivity index (χ1v) is 3.27. The van der Waals surface area contributed by atoms with E-state index in [9.17, 15) is 9.59 Å². The molecule has 1 saturated heterocycles. The SMILES string of the molecule is O=C(O)CN1C[C@@H](O)CC1=O. The average molecular weight is 159 g/mol. The molecule has 0 aromatic heterocycles. The number of carbonyl (C=O) groups is 2. The summed E-state index contributed by atoms with van der Waals surface area (Å²) in [6, 6.07) is 0. The van der Waals surface area contributed by atoms with Crippen LogP contribution in [0.2, 0.25) is 0 Å². The molecule has 0 aromatic rings. The summed E-state index contributed by atoms with van der Waals surface area (Å²) in [7, 11) is 0. The number of rotatable bonds is 2. The molecule has 0 bridgehead atoms. The fraction of sp³-hybridized carbons (Fsp3) is 0.667. The van der Waals surface area contributed by atoms with Gasteiger partial charge in [-0.05, 0) is 0 Å². The largest absolute Gasteiger partial charge is 0.480 e. The van der Waals surface area contributed by atoms with Crippen LogP contribution in [0.3, 0.4) is 0 Å². The van der Waals surface area contributed by atoms with Crippen LogP contribution in [0.5, 0.6) is 0 Å². The molecule has 0 unspecified atom stereocenters. The van der Waals surface area contributed by atoms with Gasteiger partial charge in [0.2, 0.25) is 5.91 Å². The number of carboxylic acids is 1. The number of amides is 1. The van der Waals surface area contributed by atoms with E-state index in [4.69, 9.17) is 10.2 Å². The first-order valence-electron chi connectivity index (χ1n) is 3.27. The second-order valence-corrected chi connectivity index (χ2v) is 2.53. The minimum atomic E-state index is -1.05. The van der Waals surface area contributed by atoms with Crippen molar-refractivity contribution in [2.45, 2.75) is 12.5 Å². The lowest BCUT2D eigenvalue weighted by atomic mass is 10.3. The number of hydrogen-bond acceptors (Lipinski definition) is 3. The minimum Gasteiger partial charge on any atom is -0.480 e. The maximum absolute atomic E-state index is 10.8. The van der Waals surface area contributed by atoms with Crippen molar-refractivity contribution in [1.29, 1.82) is 0 Å². The highest BCUT2D eigenvalue weighted by molar-refractivity contribution is 5.83. The molecule has 1 atom stereocenters. The number of carbonyl (C=O) groups excluding carboxylic acids is 1. The van der Waals surface area contributed by atoms with Crippen molar-refractivity contribution < 1.29 is 19.8 Å². The van der Waals surface area contributed by atoms with Crippen LogP contribution in [0.25, 0.3) is 0 Å². The molecule has 1 amide bonds. The first-order chi connectivity index (χ1) is 5.09. The predicted octanol–water partition coefficient (Wildman–Crippen LogP) is -1.34. The van der Waals surface area contributed by atoms with Crippen molar-refractivity contribution in [3.05, 3.63) is 0 Å². The van der Waals surface area contributed by atoms with E-state index in [0.717, 1.165) is 4.90 Å². The van der Waals surface area contributed by atoms with Gasteiger partial charge in [-0.2, -0.15) is 0 Å². The summed E-state index contributed by atoms with van der Waals surface area (Å²) in [5, 5.41) is 17.2. The average Bonchev–Trinajstić information content (AvgIpc) is 2.09. The Morgan fingerprint density at radius 1 is 1.73 bits per heavy atom. The molecule has 1 heterocycles. The third kappa shape index (κ3) is 1.91. The fourth-order valence-electron chi connectivity index (χ4n) is 1.07. The van der Waals surface area contributed by atoms with Gasteiger partial charge in [-0.3, -0.25) is 9.59 Å². The van der Waals surface area contributed by atoms with Gasteiger partial charge < -0.3 is 15.1 Å². The zero-order valence-electron chi connectivity index (χ0n) is 5.86. The van der Waals surface area contributed by atoms with Gasteiger partial charge in [0, 0.05) is 6.54 Å². The molecule has 2 N–H and O–H groups in total. The Morgan fingerprint density at radius 2 is 2.36 bits per heavy atom. The quantitative estimate of drug-likeness (QED) is 0.523. The maximum Gasteiger partial charge on any atom is 0.323 e. The molecule has 1 aliphatic heterocycles. The van der Waals surface area contributed by atoms with Gasteiger partial charge in [-0.15, -0.1) is 0 Å². The Bertz CT molecular complexity index is 191. The highest BCUT2D eigenvalue weighted by Gasteiger charge is 2.28. The van der Waals surface area contributed by atoms with Crippen LogP contribution in [-0.4, -0.2) is 46.2 Å². The highest BCUT2D eigenvalue weighted by atomic mass is 16.4. The second-order valence-electron chi connectivity index (χ2n) is 2.53. The normalized spacial score (nSPS) is 24.3. The number of hydrogen-bond donors (Lipinski definition) is 2. The Morgan fingerprint density at radius 3 is 2.73 bits per heavy atom.